The van der Waals surface area contributed by atoms with Gasteiger partial charge in [0.1, 0.15) is 0 Å². The zero-order valence-electron chi connectivity index (χ0n) is 13.3. The van der Waals surface area contributed by atoms with Crippen molar-refractivity contribution in [1.29, 1.82) is 0 Å². The van der Waals surface area contributed by atoms with E-state index in [1.54, 1.807) is 50.8 Å². The van der Waals surface area contributed by atoms with Gasteiger partial charge in [0.05, 0.1) is 20.4 Å². The summed E-state index contributed by atoms with van der Waals surface area (Å²) in [6, 6.07) is 5.12. The van der Waals surface area contributed by atoms with Gasteiger partial charge in [-0.25, -0.2) is 0 Å². The van der Waals surface area contributed by atoms with Crippen LogP contribution in [-0.4, -0.2) is 29.8 Å². The third-order valence-corrected chi connectivity index (χ3v) is 3.52. The summed E-state index contributed by atoms with van der Waals surface area (Å²) in [6.07, 6.45) is 5.09. The molecule has 0 unspecified atom stereocenters. The second kappa shape index (κ2) is 6.93. The highest BCUT2D eigenvalue weighted by atomic mass is 16.5. The number of rotatable bonds is 6. The molecule has 0 amide bonds. The van der Waals surface area contributed by atoms with E-state index in [2.05, 4.69) is 5.10 Å². The van der Waals surface area contributed by atoms with Crippen molar-refractivity contribution in [1.82, 2.24) is 9.78 Å². The second-order valence-corrected chi connectivity index (χ2v) is 4.77. The molecule has 0 aliphatic carbocycles. The highest BCUT2D eigenvalue weighted by Gasteiger charge is 2.09. The number of ketones is 1. The van der Waals surface area contributed by atoms with Crippen LogP contribution in [0, 0.1) is 6.92 Å². The van der Waals surface area contributed by atoms with E-state index in [9.17, 15) is 4.79 Å². The van der Waals surface area contributed by atoms with Crippen LogP contribution in [0.15, 0.2) is 30.5 Å². The molecule has 0 aliphatic rings. The summed E-state index contributed by atoms with van der Waals surface area (Å²) >= 11 is 0. The summed E-state index contributed by atoms with van der Waals surface area (Å²) in [6.45, 7) is 4.82. The van der Waals surface area contributed by atoms with Crippen molar-refractivity contribution < 1.29 is 14.3 Å². The lowest BCUT2D eigenvalue weighted by Crippen LogP contribution is -1.99. The molecule has 5 heteroatoms. The predicted octanol–water partition coefficient (Wildman–Crippen LogP) is 3.12. The zero-order valence-corrected chi connectivity index (χ0v) is 13.3. The monoisotopic (exact) mass is 300 g/mol. The van der Waals surface area contributed by atoms with Crippen LogP contribution in [0.25, 0.3) is 6.08 Å². The van der Waals surface area contributed by atoms with Crippen LogP contribution in [0.2, 0.25) is 0 Å². The van der Waals surface area contributed by atoms with Gasteiger partial charge in [-0.3, -0.25) is 9.48 Å². The Morgan fingerprint density at radius 2 is 2.00 bits per heavy atom. The Hall–Kier alpha value is -2.56. The molecule has 116 valence electrons. The number of benzene rings is 1. The molecular weight excluding hydrogens is 280 g/mol. The third kappa shape index (κ3) is 3.19. The Bertz CT molecular complexity index is 702. The molecule has 1 heterocycles. The first-order valence-corrected chi connectivity index (χ1v) is 7.07. The Kier molecular flexibility index (Phi) is 4.99. The van der Waals surface area contributed by atoms with Gasteiger partial charge in [-0.15, -0.1) is 0 Å². The van der Waals surface area contributed by atoms with Gasteiger partial charge >= 0.3 is 0 Å². The van der Waals surface area contributed by atoms with E-state index in [0.717, 1.165) is 17.8 Å². The van der Waals surface area contributed by atoms with Crippen molar-refractivity contribution in [2.75, 3.05) is 14.2 Å². The fourth-order valence-corrected chi connectivity index (χ4v) is 2.19. The van der Waals surface area contributed by atoms with E-state index in [1.807, 2.05) is 18.5 Å². The number of nitrogens with zero attached hydrogens (tertiary/aromatic N) is 2. The smallest absolute Gasteiger partial charge is 0.185 e. The van der Waals surface area contributed by atoms with Crippen molar-refractivity contribution >= 4 is 11.9 Å². The molecule has 0 atom stereocenters. The number of hydrogen-bond acceptors (Lipinski definition) is 4. The first kappa shape index (κ1) is 15.8. The molecule has 0 saturated heterocycles. The van der Waals surface area contributed by atoms with Gasteiger partial charge in [0.15, 0.2) is 17.3 Å². The first-order chi connectivity index (χ1) is 10.6. The van der Waals surface area contributed by atoms with Crippen molar-refractivity contribution in [2.24, 2.45) is 0 Å². The molecule has 0 aliphatic heterocycles. The van der Waals surface area contributed by atoms with Gasteiger partial charge < -0.3 is 9.47 Å². The van der Waals surface area contributed by atoms with Crippen LogP contribution in [0.5, 0.6) is 11.5 Å². The Morgan fingerprint density at radius 1 is 1.27 bits per heavy atom. The van der Waals surface area contributed by atoms with Crippen molar-refractivity contribution in [3.05, 3.63) is 47.3 Å². The largest absolute Gasteiger partial charge is 0.493 e. The number of ether oxygens (including phenoxy) is 2. The van der Waals surface area contributed by atoms with Gasteiger partial charge in [0, 0.05) is 23.4 Å². The molecule has 0 saturated carbocycles. The number of aryl methyl sites for hydroxylation is 1. The average Bonchev–Trinajstić information content (AvgIpc) is 2.91. The number of carbonyl (C=O) groups excluding carboxylic acids is 1. The number of aromatic nitrogens is 2. The minimum atomic E-state index is -0.0930. The molecule has 0 N–H and O–H groups in total. The molecule has 2 rings (SSSR count). The van der Waals surface area contributed by atoms with E-state index in [4.69, 9.17) is 9.47 Å². The minimum Gasteiger partial charge on any atom is -0.493 e. The molecule has 2 aromatic rings. The fourth-order valence-electron chi connectivity index (χ4n) is 2.19. The van der Waals surface area contributed by atoms with Crippen LogP contribution in [0.4, 0.5) is 0 Å². The highest BCUT2D eigenvalue weighted by molar-refractivity contribution is 6.07. The molecule has 22 heavy (non-hydrogen) atoms. The lowest BCUT2D eigenvalue weighted by molar-refractivity contribution is 0.104. The average molecular weight is 300 g/mol. The molecule has 0 bridgehead atoms. The summed E-state index contributed by atoms with van der Waals surface area (Å²) in [5, 5.41) is 4.25. The first-order valence-electron chi connectivity index (χ1n) is 7.07. The molecule has 1 aromatic carbocycles. The second-order valence-electron chi connectivity index (χ2n) is 4.77. The Morgan fingerprint density at radius 3 is 2.59 bits per heavy atom. The Labute approximate surface area is 130 Å². The van der Waals surface area contributed by atoms with Gasteiger partial charge in [-0.1, -0.05) is 0 Å². The summed E-state index contributed by atoms with van der Waals surface area (Å²) in [7, 11) is 3.11. The predicted molar refractivity (Wildman–Crippen MR) is 85.5 cm³/mol. The molecular formula is C17H20N2O3. The lowest BCUT2D eigenvalue weighted by atomic mass is 10.1. The normalized spacial score (nSPS) is 10.9. The molecule has 0 spiro atoms. The maximum Gasteiger partial charge on any atom is 0.185 e. The summed E-state index contributed by atoms with van der Waals surface area (Å²) in [5.74, 6) is 1.05. The van der Waals surface area contributed by atoms with Crippen LogP contribution in [0.1, 0.15) is 28.5 Å². The van der Waals surface area contributed by atoms with Crippen LogP contribution < -0.4 is 9.47 Å². The molecule has 5 nitrogen and oxygen atoms in total. The number of methoxy groups -OCH3 is 2. The zero-order chi connectivity index (χ0) is 16.1. The van der Waals surface area contributed by atoms with Gasteiger partial charge in [-0.2, -0.15) is 5.10 Å². The lowest BCUT2D eigenvalue weighted by Gasteiger charge is -2.07. The standard InChI is InChI=1S/C17H20N2O3/c1-5-19-12(2)14(11-18-19)6-8-15(20)13-7-9-16(21-3)17(10-13)22-4/h6-11H,5H2,1-4H3/b8-6+. The van der Waals surface area contributed by atoms with Crippen molar-refractivity contribution in [3.63, 3.8) is 0 Å². The minimum absolute atomic E-state index is 0.0930. The van der Waals surface area contributed by atoms with E-state index in [1.165, 1.54) is 0 Å². The number of allylic oxidation sites excluding steroid dienone is 1. The fraction of sp³-hybridized carbons (Fsp3) is 0.294. The van der Waals surface area contributed by atoms with E-state index < -0.39 is 0 Å². The van der Waals surface area contributed by atoms with Gasteiger partial charge in [0.2, 0.25) is 0 Å². The van der Waals surface area contributed by atoms with Crippen LogP contribution >= 0.6 is 0 Å². The summed E-state index contributed by atoms with van der Waals surface area (Å²) < 4.78 is 12.3. The van der Waals surface area contributed by atoms with Crippen LogP contribution in [0.3, 0.4) is 0 Å². The van der Waals surface area contributed by atoms with Gasteiger partial charge in [-0.05, 0) is 44.2 Å². The highest BCUT2D eigenvalue weighted by Crippen LogP contribution is 2.27. The van der Waals surface area contributed by atoms with E-state index >= 15 is 0 Å². The van der Waals surface area contributed by atoms with E-state index in [0.29, 0.717) is 17.1 Å². The number of carbonyl (C=O) groups is 1. The molecule has 1 aromatic heterocycles. The van der Waals surface area contributed by atoms with Crippen molar-refractivity contribution in [3.8, 4) is 11.5 Å². The van der Waals surface area contributed by atoms with Gasteiger partial charge in [0.25, 0.3) is 0 Å². The topological polar surface area (TPSA) is 53.4 Å². The SMILES string of the molecule is CCn1ncc(/C=C/C(=O)c2ccc(OC)c(OC)c2)c1C. The maximum absolute atomic E-state index is 12.3. The van der Waals surface area contributed by atoms with Crippen LogP contribution in [-0.2, 0) is 6.54 Å². The number of hydrogen-bond donors (Lipinski definition) is 0. The van der Waals surface area contributed by atoms with E-state index in [-0.39, 0.29) is 5.78 Å². The maximum atomic E-state index is 12.3. The molecule has 0 radical (unpaired) electrons. The quantitative estimate of drug-likeness (QED) is 0.607. The third-order valence-electron chi connectivity index (χ3n) is 3.52. The van der Waals surface area contributed by atoms with Crippen molar-refractivity contribution in [2.45, 2.75) is 20.4 Å². The summed E-state index contributed by atoms with van der Waals surface area (Å²) in [5.41, 5.74) is 2.53. The molecule has 0 fully saturated rings. The summed E-state index contributed by atoms with van der Waals surface area (Å²) in [4.78, 5) is 12.3. The Balaban J connectivity index is 2.21.